The first kappa shape index (κ1) is 14.4. The average molecular weight is 318 g/mol. The second-order valence-electron chi connectivity index (χ2n) is 3.87. The van der Waals surface area contributed by atoms with Crippen molar-refractivity contribution in [2.24, 2.45) is 0 Å². The molecule has 100 valence electrons. The van der Waals surface area contributed by atoms with Gasteiger partial charge in [0.15, 0.2) is 0 Å². The highest BCUT2D eigenvalue weighted by atomic mass is 35.5. The summed E-state index contributed by atoms with van der Waals surface area (Å²) in [4.78, 5) is 8.40. The van der Waals surface area contributed by atoms with Gasteiger partial charge >= 0.3 is 0 Å². The van der Waals surface area contributed by atoms with Gasteiger partial charge in [-0.2, -0.15) is 4.98 Å². The molecule has 2 aromatic rings. The van der Waals surface area contributed by atoms with E-state index in [4.69, 9.17) is 39.5 Å². The number of hydrogen-bond acceptors (Lipinski definition) is 3. The second kappa shape index (κ2) is 6.42. The fourth-order valence-electron chi connectivity index (χ4n) is 1.49. The number of benzene rings is 1. The van der Waals surface area contributed by atoms with Crippen LogP contribution in [0.4, 0.5) is 0 Å². The molecule has 0 unspecified atom stereocenters. The van der Waals surface area contributed by atoms with Gasteiger partial charge in [0.2, 0.25) is 5.88 Å². The molecular weight excluding hydrogens is 307 g/mol. The van der Waals surface area contributed by atoms with E-state index < -0.39 is 0 Å². The molecule has 0 N–H and O–H groups in total. The molecular formula is C13H11Cl3N2O. The first-order chi connectivity index (χ1) is 9.08. The third-order valence-electron chi connectivity index (χ3n) is 2.30. The molecule has 0 aliphatic rings. The Morgan fingerprint density at radius 3 is 2.53 bits per heavy atom. The highest BCUT2D eigenvalue weighted by molar-refractivity contribution is 6.42. The third-order valence-corrected chi connectivity index (χ3v) is 3.24. The average Bonchev–Trinajstić information content (AvgIpc) is 2.33. The van der Waals surface area contributed by atoms with Crippen molar-refractivity contribution in [2.45, 2.75) is 19.8 Å². The molecule has 0 saturated carbocycles. The number of halogens is 3. The predicted molar refractivity (Wildman–Crippen MR) is 77.6 cm³/mol. The molecule has 19 heavy (non-hydrogen) atoms. The summed E-state index contributed by atoms with van der Waals surface area (Å²) in [5.74, 6) is 1.60. The third kappa shape index (κ3) is 3.96. The van der Waals surface area contributed by atoms with Gasteiger partial charge in [-0.05, 0) is 18.6 Å². The van der Waals surface area contributed by atoms with E-state index in [9.17, 15) is 0 Å². The van der Waals surface area contributed by atoms with Crippen molar-refractivity contribution in [1.82, 2.24) is 9.97 Å². The van der Waals surface area contributed by atoms with Crippen LogP contribution < -0.4 is 4.74 Å². The summed E-state index contributed by atoms with van der Waals surface area (Å²) in [5.41, 5.74) is 0. The quantitative estimate of drug-likeness (QED) is 0.729. The summed E-state index contributed by atoms with van der Waals surface area (Å²) in [5, 5.41) is 1.25. The SMILES string of the molecule is CCCc1nc(Cl)cc(Oc2ccc(Cl)c(Cl)c2)n1. The lowest BCUT2D eigenvalue weighted by molar-refractivity contribution is 0.458. The molecule has 0 aliphatic heterocycles. The predicted octanol–water partition coefficient (Wildman–Crippen LogP) is 5.18. The lowest BCUT2D eigenvalue weighted by Gasteiger charge is -2.07. The van der Waals surface area contributed by atoms with Gasteiger partial charge in [-0.3, -0.25) is 0 Å². The molecule has 0 fully saturated rings. The number of nitrogens with zero attached hydrogens (tertiary/aromatic N) is 2. The zero-order chi connectivity index (χ0) is 13.8. The van der Waals surface area contributed by atoms with E-state index in [1.807, 2.05) is 6.92 Å². The van der Waals surface area contributed by atoms with Crippen LogP contribution in [0.5, 0.6) is 11.6 Å². The molecule has 0 atom stereocenters. The number of rotatable bonds is 4. The Balaban J connectivity index is 2.24. The van der Waals surface area contributed by atoms with Crippen LogP contribution in [0, 0.1) is 0 Å². The molecule has 3 nitrogen and oxygen atoms in total. The van der Waals surface area contributed by atoms with Gasteiger partial charge < -0.3 is 4.74 Å². The fraction of sp³-hybridized carbons (Fsp3) is 0.231. The minimum atomic E-state index is 0.355. The van der Waals surface area contributed by atoms with Crippen LogP contribution in [0.15, 0.2) is 24.3 Å². The number of aryl methyl sites for hydroxylation is 1. The van der Waals surface area contributed by atoms with Gasteiger partial charge in [0.25, 0.3) is 0 Å². The van der Waals surface area contributed by atoms with Crippen LogP contribution in [0.3, 0.4) is 0 Å². The molecule has 0 spiro atoms. The Hall–Kier alpha value is -1.03. The maximum atomic E-state index is 5.93. The van der Waals surface area contributed by atoms with Crippen LogP contribution in [-0.2, 0) is 6.42 Å². The van der Waals surface area contributed by atoms with Gasteiger partial charge in [0.1, 0.15) is 16.7 Å². The normalized spacial score (nSPS) is 10.5. The summed E-state index contributed by atoms with van der Waals surface area (Å²) in [6, 6.07) is 6.56. The topological polar surface area (TPSA) is 35.0 Å². The van der Waals surface area contributed by atoms with Crippen molar-refractivity contribution in [2.75, 3.05) is 0 Å². The molecule has 0 bridgehead atoms. The van der Waals surface area contributed by atoms with E-state index in [1.165, 1.54) is 0 Å². The summed E-state index contributed by atoms with van der Waals surface area (Å²) in [6.07, 6.45) is 1.69. The Labute approximate surface area is 126 Å². The van der Waals surface area contributed by atoms with Crippen LogP contribution in [0.25, 0.3) is 0 Å². The molecule has 0 amide bonds. The molecule has 1 aromatic heterocycles. The monoisotopic (exact) mass is 316 g/mol. The Kier molecular flexibility index (Phi) is 4.86. The van der Waals surface area contributed by atoms with E-state index in [2.05, 4.69) is 9.97 Å². The zero-order valence-electron chi connectivity index (χ0n) is 10.2. The van der Waals surface area contributed by atoms with Crippen molar-refractivity contribution in [3.05, 3.63) is 45.3 Å². The van der Waals surface area contributed by atoms with Gasteiger partial charge in [-0.15, -0.1) is 0 Å². The molecule has 1 aromatic carbocycles. The summed E-state index contributed by atoms with van der Waals surface area (Å²) in [6.45, 7) is 2.05. The largest absolute Gasteiger partial charge is 0.439 e. The van der Waals surface area contributed by atoms with Gasteiger partial charge in [-0.25, -0.2) is 4.98 Å². The maximum absolute atomic E-state index is 5.93. The molecule has 2 rings (SSSR count). The Morgan fingerprint density at radius 2 is 1.84 bits per heavy atom. The molecule has 6 heteroatoms. The number of aromatic nitrogens is 2. The van der Waals surface area contributed by atoms with Crippen molar-refractivity contribution in [3.63, 3.8) is 0 Å². The van der Waals surface area contributed by atoms with Gasteiger partial charge in [-0.1, -0.05) is 41.7 Å². The Morgan fingerprint density at radius 1 is 1.05 bits per heavy atom. The van der Waals surface area contributed by atoms with Crippen molar-refractivity contribution >= 4 is 34.8 Å². The lowest BCUT2D eigenvalue weighted by Crippen LogP contribution is -1.97. The molecule has 0 aliphatic carbocycles. The van der Waals surface area contributed by atoms with Crippen LogP contribution in [0.1, 0.15) is 19.2 Å². The summed E-state index contributed by atoms with van der Waals surface area (Å²) < 4.78 is 5.60. The fourth-order valence-corrected chi connectivity index (χ4v) is 1.97. The summed E-state index contributed by atoms with van der Waals surface area (Å²) >= 11 is 17.7. The highest BCUT2D eigenvalue weighted by Crippen LogP contribution is 2.29. The van der Waals surface area contributed by atoms with Crippen LogP contribution >= 0.6 is 34.8 Å². The highest BCUT2D eigenvalue weighted by Gasteiger charge is 2.06. The van der Waals surface area contributed by atoms with Crippen LogP contribution in [-0.4, -0.2) is 9.97 Å². The minimum Gasteiger partial charge on any atom is -0.439 e. The number of ether oxygens (including phenoxy) is 1. The first-order valence-corrected chi connectivity index (χ1v) is 6.88. The Bertz CT molecular complexity index is 590. The first-order valence-electron chi connectivity index (χ1n) is 5.75. The summed E-state index contributed by atoms with van der Waals surface area (Å²) in [7, 11) is 0. The van der Waals surface area contributed by atoms with Crippen molar-refractivity contribution < 1.29 is 4.74 Å². The van der Waals surface area contributed by atoms with Crippen molar-refractivity contribution in [3.8, 4) is 11.6 Å². The number of hydrogen-bond donors (Lipinski definition) is 0. The van der Waals surface area contributed by atoms with E-state index >= 15 is 0 Å². The zero-order valence-corrected chi connectivity index (χ0v) is 12.4. The molecule has 0 radical (unpaired) electrons. The van der Waals surface area contributed by atoms with Gasteiger partial charge in [0, 0.05) is 18.6 Å². The smallest absolute Gasteiger partial charge is 0.224 e. The van der Waals surface area contributed by atoms with E-state index in [0.717, 1.165) is 12.8 Å². The maximum Gasteiger partial charge on any atom is 0.224 e. The van der Waals surface area contributed by atoms with Gasteiger partial charge in [0.05, 0.1) is 10.0 Å². The van der Waals surface area contributed by atoms with Crippen LogP contribution in [0.2, 0.25) is 15.2 Å². The molecule has 0 saturated heterocycles. The van der Waals surface area contributed by atoms with E-state index in [-0.39, 0.29) is 0 Å². The standard InChI is InChI=1S/C13H11Cl3N2O/c1-2-3-12-17-11(16)7-13(18-12)19-8-4-5-9(14)10(15)6-8/h4-7H,2-3H2,1H3. The van der Waals surface area contributed by atoms with Crippen molar-refractivity contribution in [1.29, 1.82) is 0 Å². The second-order valence-corrected chi connectivity index (χ2v) is 5.07. The molecule has 1 heterocycles. The van der Waals surface area contributed by atoms with E-state index in [0.29, 0.717) is 32.7 Å². The van der Waals surface area contributed by atoms with E-state index in [1.54, 1.807) is 24.3 Å². The minimum absolute atomic E-state index is 0.355. The lowest BCUT2D eigenvalue weighted by atomic mass is 10.3.